The molecule has 0 spiro atoms. The molecule has 3 heterocycles. The molecule has 2 aromatic heterocycles. The first-order valence-electron chi connectivity index (χ1n) is 9.52. The zero-order valence-corrected chi connectivity index (χ0v) is 15.7. The largest absolute Gasteiger partial charge is 0.341 e. The zero-order chi connectivity index (χ0) is 18.6. The van der Waals surface area contributed by atoms with E-state index in [0.717, 1.165) is 43.9 Å². The van der Waals surface area contributed by atoms with E-state index >= 15 is 0 Å². The molecular weight excluding hydrogens is 338 g/mol. The number of benzene rings is 1. The van der Waals surface area contributed by atoms with E-state index < -0.39 is 0 Å². The summed E-state index contributed by atoms with van der Waals surface area (Å²) in [6.45, 7) is 4.98. The Morgan fingerprint density at radius 3 is 2.67 bits per heavy atom. The molecule has 1 aliphatic heterocycles. The van der Waals surface area contributed by atoms with E-state index in [0.29, 0.717) is 12.5 Å². The molecule has 0 N–H and O–H groups in total. The molecule has 0 unspecified atom stereocenters. The fourth-order valence-electron chi connectivity index (χ4n) is 3.73. The number of piperidine rings is 1. The molecule has 3 aromatic rings. The quantitative estimate of drug-likeness (QED) is 0.700. The van der Waals surface area contributed by atoms with E-state index in [4.69, 9.17) is 0 Å². The van der Waals surface area contributed by atoms with Gasteiger partial charge in [-0.1, -0.05) is 30.3 Å². The van der Waals surface area contributed by atoms with Crippen molar-refractivity contribution in [2.45, 2.75) is 32.9 Å². The van der Waals surface area contributed by atoms with Crippen molar-refractivity contribution < 1.29 is 4.79 Å². The molecule has 1 aliphatic rings. The first kappa shape index (κ1) is 17.5. The molecule has 0 saturated carbocycles. The average Bonchev–Trinajstić information content (AvgIpc) is 3.32. The number of amides is 1. The number of likely N-dealkylation sites (tertiary alicyclic amines) is 1. The van der Waals surface area contributed by atoms with Crippen LogP contribution in [-0.4, -0.2) is 43.2 Å². The maximum atomic E-state index is 12.8. The number of aryl methyl sites for hydroxylation is 1. The van der Waals surface area contributed by atoms with Crippen LogP contribution in [0.25, 0.3) is 11.4 Å². The van der Waals surface area contributed by atoms with Crippen LogP contribution in [0.5, 0.6) is 0 Å². The highest BCUT2D eigenvalue weighted by Gasteiger charge is 2.24. The van der Waals surface area contributed by atoms with Crippen molar-refractivity contribution in [2.75, 3.05) is 13.1 Å². The fourth-order valence-corrected chi connectivity index (χ4v) is 3.73. The van der Waals surface area contributed by atoms with Crippen LogP contribution in [0, 0.1) is 12.8 Å². The van der Waals surface area contributed by atoms with Gasteiger partial charge in [0, 0.05) is 43.8 Å². The Hall–Kier alpha value is -2.89. The van der Waals surface area contributed by atoms with Gasteiger partial charge in [0.05, 0.1) is 6.20 Å². The summed E-state index contributed by atoms with van der Waals surface area (Å²) in [6, 6.07) is 10.00. The summed E-state index contributed by atoms with van der Waals surface area (Å²) in [5.74, 6) is 1.59. The molecule has 6 nitrogen and oxygen atoms in total. The lowest BCUT2D eigenvalue weighted by Crippen LogP contribution is -2.41. The summed E-state index contributed by atoms with van der Waals surface area (Å²) in [7, 11) is 0. The van der Waals surface area contributed by atoms with E-state index in [9.17, 15) is 4.79 Å². The van der Waals surface area contributed by atoms with Gasteiger partial charge in [0.1, 0.15) is 12.4 Å². The first-order chi connectivity index (χ1) is 13.2. The highest BCUT2D eigenvalue weighted by Crippen LogP contribution is 2.21. The summed E-state index contributed by atoms with van der Waals surface area (Å²) >= 11 is 0. The predicted molar refractivity (Wildman–Crippen MR) is 104 cm³/mol. The van der Waals surface area contributed by atoms with Crippen molar-refractivity contribution in [1.29, 1.82) is 0 Å². The van der Waals surface area contributed by atoms with Gasteiger partial charge in [0.2, 0.25) is 5.91 Å². The third kappa shape index (κ3) is 4.10. The van der Waals surface area contributed by atoms with Gasteiger partial charge in [-0.15, -0.1) is 0 Å². The van der Waals surface area contributed by atoms with Crippen molar-refractivity contribution in [1.82, 2.24) is 24.2 Å². The third-order valence-corrected chi connectivity index (χ3v) is 5.23. The van der Waals surface area contributed by atoms with Gasteiger partial charge in [0.25, 0.3) is 0 Å². The molecule has 1 fully saturated rings. The summed E-state index contributed by atoms with van der Waals surface area (Å²) in [5.41, 5.74) is 2.22. The standard InChI is InChI=1S/C21H25N5O/c1-17-13-23-26(14-17)15-18-7-10-24(11-8-18)20(27)16-25-12-9-22-21(25)19-5-3-2-4-6-19/h2-6,9,12-14,18H,7-8,10-11,15-16H2,1H3. The van der Waals surface area contributed by atoms with Crippen LogP contribution in [0.3, 0.4) is 0 Å². The lowest BCUT2D eigenvalue weighted by Gasteiger charge is -2.32. The Morgan fingerprint density at radius 1 is 1.19 bits per heavy atom. The lowest BCUT2D eigenvalue weighted by atomic mass is 9.97. The molecule has 1 saturated heterocycles. The van der Waals surface area contributed by atoms with Crippen LogP contribution in [0.2, 0.25) is 0 Å². The molecule has 140 valence electrons. The molecule has 6 heteroatoms. The number of rotatable bonds is 5. The Balaban J connectivity index is 1.33. The third-order valence-electron chi connectivity index (χ3n) is 5.23. The van der Waals surface area contributed by atoms with Crippen LogP contribution >= 0.6 is 0 Å². The second kappa shape index (κ2) is 7.78. The van der Waals surface area contributed by atoms with Crippen LogP contribution in [0.1, 0.15) is 18.4 Å². The molecule has 1 aromatic carbocycles. The van der Waals surface area contributed by atoms with Gasteiger partial charge in [-0.25, -0.2) is 4.98 Å². The number of hydrogen-bond acceptors (Lipinski definition) is 3. The van der Waals surface area contributed by atoms with Crippen LogP contribution in [-0.2, 0) is 17.9 Å². The van der Waals surface area contributed by atoms with Crippen LogP contribution < -0.4 is 0 Å². The predicted octanol–water partition coefficient (Wildman–Crippen LogP) is 2.99. The topological polar surface area (TPSA) is 56.0 Å². The highest BCUT2D eigenvalue weighted by molar-refractivity contribution is 5.76. The fraction of sp³-hybridized carbons (Fsp3) is 0.381. The second-order valence-electron chi connectivity index (χ2n) is 7.31. The smallest absolute Gasteiger partial charge is 0.242 e. The Labute approximate surface area is 159 Å². The van der Waals surface area contributed by atoms with Crippen LogP contribution in [0.15, 0.2) is 55.1 Å². The summed E-state index contributed by atoms with van der Waals surface area (Å²) in [5, 5.41) is 4.38. The average molecular weight is 363 g/mol. The van der Waals surface area contributed by atoms with E-state index in [1.54, 1.807) is 6.20 Å². The van der Waals surface area contributed by atoms with Crippen molar-refractivity contribution in [3.05, 3.63) is 60.7 Å². The van der Waals surface area contributed by atoms with Gasteiger partial charge in [-0.2, -0.15) is 5.10 Å². The molecular formula is C21H25N5O. The normalized spacial score (nSPS) is 15.2. The molecule has 0 aliphatic carbocycles. The Morgan fingerprint density at radius 2 is 1.96 bits per heavy atom. The Kier molecular flexibility index (Phi) is 5.05. The summed E-state index contributed by atoms with van der Waals surface area (Å²) < 4.78 is 3.96. The molecule has 4 rings (SSSR count). The number of carbonyl (C=O) groups excluding carboxylic acids is 1. The number of aromatic nitrogens is 4. The van der Waals surface area contributed by atoms with Gasteiger partial charge in [-0.3, -0.25) is 9.48 Å². The SMILES string of the molecule is Cc1cnn(CC2CCN(C(=O)Cn3ccnc3-c3ccccc3)CC2)c1. The number of hydrogen-bond donors (Lipinski definition) is 0. The maximum Gasteiger partial charge on any atom is 0.242 e. The van der Waals surface area contributed by atoms with Crippen molar-refractivity contribution in [3.8, 4) is 11.4 Å². The van der Waals surface area contributed by atoms with E-state index in [2.05, 4.69) is 23.2 Å². The van der Waals surface area contributed by atoms with Gasteiger partial charge in [-0.05, 0) is 31.2 Å². The van der Waals surface area contributed by atoms with Crippen molar-refractivity contribution >= 4 is 5.91 Å². The van der Waals surface area contributed by atoms with E-state index in [1.807, 2.05) is 56.9 Å². The summed E-state index contributed by atoms with van der Waals surface area (Å²) in [6.07, 6.45) is 9.68. The number of nitrogens with zero attached hydrogens (tertiary/aromatic N) is 5. The minimum Gasteiger partial charge on any atom is -0.341 e. The number of carbonyl (C=O) groups is 1. The molecule has 0 bridgehead atoms. The maximum absolute atomic E-state index is 12.8. The highest BCUT2D eigenvalue weighted by atomic mass is 16.2. The summed E-state index contributed by atoms with van der Waals surface area (Å²) in [4.78, 5) is 19.2. The number of imidazole rings is 1. The lowest BCUT2D eigenvalue weighted by molar-refractivity contribution is -0.133. The van der Waals surface area contributed by atoms with Crippen LogP contribution in [0.4, 0.5) is 0 Å². The van der Waals surface area contributed by atoms with Gasteiger partial charge >= 0.3 is 0 Å². The van der Waals surface area contributed by atoms with E-state index in [1.165, 1.54) is 5.56 Å². The molecule has 0 atom stereocenters. The molecule has 0 radical (unpaired) electrons. The monoisotopic (exact) mass is 363 g/mol. The van der Waals surface area contributed by atoms with Crippen molar-refractivity contribution in [2.24, 2.45) is 5.92 Å². The zero-order valence-electron chi connectivity index (χ0n) is 15.7. The molecule has 27 heavy (non-hydrogen) atoms. The Bertz CT molecular complexity index is 890. The van der Waals surface area contributed by atoms with Crippen molar-refractivity contribution in [3.63, 3.8) is 0 Å². The minimum atomic E-state index is 0.165. The van der Waals surface area contributed by atoms with Gasteiger partial charge < -0.3 is 9.47 Å². The second-order valence-corrected chi connectivity index (χ2v) is 7.31. The van der Waals surface area contributed by atoms with Gasteiger partial charge in [0.15, 0.2) is 0 Å². The van der Waals surface area contributed by atoms with E-state index in [-0.39, 0.29) is 5.91 Å². The minimum absolute atomic E-state index is 0.165. The first-order valence-corrected chi connectivity index (χ1v) is 9.52. The molecule has 1 amide bonds.